The average molecular weight is 278 g/mol. The summed E-state index contributed by atoms with van der Waals surface area (Å²) in [4.78, 5) is 11.0. The molecule has 7 heteroatoms. The Hall–Kier alpha value is -1.74. The smallest absolute Gasteiger partial charge is 0.417 e. The Bertz CT molecular complexity index is 520. The van der Waals surface area contributed by atoms with Crippen LogP contribution >= 0.6 is 11.6 Å². The number of esters is 1. The molecule has 0 saturated carbocycles. The molecule has 96 valence electrons. The number of hydrogen-bond acceptors (Lipinski definition) is 3. The average Bonchev–Trinajstić information content (AvgIpc) is 2.29. The van der Waals surface area contributed by atoms with E-state index in [-0.39, 0.29) is 11.1 Å². The van der Waals surface area contributed by atoms with Crippen molar-refractivity contribution in [1.29, 1.82) is 5.26 Å². The number of nitriles is 1. The zero-order valence-corrected chi connectivity index (χ0v) is 9.89. The minimum Gasteiger partial charge on any atom is -0.469 e. The van der Waals surface area contributed by atoms with E-state index < -0.39 is 29.2 Å². The Labute approximate surface area is 106 Å². The zero-order valence-electron chi connectivity index (χ0n) is 9.14. The molecule has 0 fully saturated rings. The topological polar surface area (TPSA) is 50.1 Å². The first-order valence-electron chi connectivity index (χ1n) is 4.66. The lowest BCUT2D eigenvalue weighted by atomic mass is 10.0. The normalized spacial score (nSPS) is 10.9. The van der Waals surface area contributed by atoms with Gasteiger partial charge in [0.1, 0.15) is 0 Å². The Kier molecular flexibility index (Phi) is 4.19. The maximum absolute atomic E-state index is 12.6. The van der Waals surface area contributed by atoms with Crippen molar-refractivity contribution in [3.63, 3.8) is 0 Å². The van der Waals surface area contributed by atoms with Crippen LogP contribution in [0.3, 0.4) is 0 Å². The van der Waals surface area contributed by atoms with E-state index in [4.69, 9.17) is 16.9 Å². The number of benzene rings is 1. The molecule has 0 aromatic heterocycles. The highest BCUT2D eigenvalue weighted by Crippen LogP contribution is 2.36. The van der Waals surface area contributed by atoms with Crippen molar-refractivity contribution in [1.82, 2.24) is 0 Å². The Balaban J connectivity index is 3.32. The summed E-state index contributed by atoms with van der Waals surface area (Å²) in [5, 5.41) is 8.20. The highest BCUT2D eigenvalue weighted by Gasteiger charge is 2.34. The fourth-order valence-electron chi connectivity index (χ4n) is 1.31. The second-order valence-electron chi connectivity index (χ2n) is 3.35. The maximum Gasteiger partial charge on any atom is 0.417 e. The molecular formula is C11H7ClF3NO2. The number of carbonyl (C=O) groups is 1. The van der Waals surface area contributed by atoms with Crippen LogP contribution in [0.4, 0.5) is 13.2 Å². The van der Waals surface area contributed by atoms with Crippen molar-refractivity contribution in [2.24, 2.45) is 0 Å². The standard InChI is InChI=1S/C11H7ClF3NO2/c1-18-10(17)4-6-2-8(11(13,14)15)9(12)3-7(6)5-16/h2-3H,4H2,1H3. The van der Waals surface area contributed by atoms with Crippen molar-refractivity contribution in [3.05, 3.63) is 33.8 Å². The van der Waals surface area contributed by atoms with E-state index in [0.717, 1.165) is 13.2 Å². The predicted molar refractivity (Wildman–Crippen MR) is 56.9 cm³/mol. The van der Waals surface area contributed by atoms with Crippen molar-refractivity contribution in [3.8, 4) is 6.07 Å². The van der Waals surface area contributed by atoms with Crippen molar-refractivity contribution in [2.75, 3.05) is 7.11 Å². The number of hydrogen-bond donors (Lipinski definition) is 0. The largest absolute Gasteiger partial charge is 0.469 e. The number of carbonyl (C=O) groups excluding carboxylic acids is 1. The number of methoxy groups -OCH3 is 1. The van der Waals surface area contributed by atoms with E-state index >= 15 is 0 Å². The molecule has 0 N–H and O–H groups in total. The van der Waals surface area contributed by atoms with E-state index in [1.807, 2.05) is 0 Å². The first kappa shape index (κ1) is 14.3. The Morgan fingerprint density at radius 2 is 2.11 bits per heavy atom. The molecule has 0 bridgehead atoms. The van der Waals surface area contributed by atoms with E-state index in [2.05, 4.69) is 4.74 Å². The first-order chi connectivity index (χ1) is 8.29. The third-order valence-electron chi connectivity index (χ3n) is 2.18. The molecule has 18 heavy (non-hydrogen) atoms. The Morgan fingerprint density at radius 1 is 1.50 bits per heavy atom. The van der Waals surface area contributed by atoms with Crippen LogP contribution < -0.4 is 0 Å². The van der Waals surface area contributed by atoms with Gasteiger partial charge < -0.3 is 4.74 Å². The molecule has 0 spiro atoms. The van der Waals surface area contributed by atoms with E-state index in [9.17, 15) is 18.0 Å². The molecule has 0 heterocycles. The quantitative estimate of drug-likeness (QED) is 0.781. The van der Waals surface area contributed by atoms with Crippen molar-refractivity contribution in [2.45, 2.75) is 12.6 Å². The van der Waals surface area contributed by atoms with Gasteiger partial charge in [-0.05, 0) is 17.7 Å². The van der Waals surface area contributed by atoms with E-state index in [0.29, 0.717) is 6.07 Å². The van der Waals surface area contributed by atoms with Crippen LogP contribution in [0, 0.1) is 11.3 Å². The molecule has 1 aromatic carbocycles. The van der Waals surface area contributed by atoms with E-state index in [1.54, 1.807) is 6.07 Å². The molecule has 0 radical (unpaired) electrons. The van der Waals surface area contributed by atoms with Gasteiger partial charge in [-0.15, -0.1) is 0 Å². The van der Waals surface area contributed by atoms with Crippen molar-refractivity contribution < 1.29 is 22.7 Å². The van der Waals surface area contributed by atoms with E-state index in [1.165, 1.54) is 0 Å². The monoisotopic (exact) mass is 277 g/mol. The fraction of sp³-hybridized carbons (Fsp3) is 0.273. The van der Waals surface area contributed by atoms with Gasteiger partial charge in [0.25, 0.3) is 0 Å². The molecule has 0 aliphatic heterocycles. The van der Waals surface area contributed by atoms with Gasteiger partial charge in [0, 0.05) is 0 Å². The van der Waals surface area contributed by atoms with Gasteiger partial charge in [-0.25, -0.2) is 0 Å². The number of rotatable bonds is 2. The number of ether oxygens (including phenoxy) is 1. The molecule has 0 saturated heterocycles. The van der Waals surface area contributed by atoms with Crippen LogP contribution in [0.2, 0.25) is 5.02 Å². The van der Waals surface area contributed by atoms with Crippen LogP contribution in [0.25, 0.3) is 0 Å². The van der Waals surface area contributed by atoms with Gasteiger partial charge in [0.2, 0.25) is 0 Å². The molecule has 1 rings (SSSR count). The molecule has 0 aliphatic carbocycles. The van der Waals surface area contributed by atoms with Gasteiger partial charge in [0.05, 0.1) is 35.7 Å². The number of nitrogens with zero attached hydrogens (tertiary/aromatic N) is 1. The number of alkyl halides is 3. The fourth-order valence-corrected chi connectivity index (χ4v) is 1.58. The lowest BCUT2D eigenvalue weighted by molar-refractivity contribution is -0.140. The minimum atomic E-state index is -4.64. The molecule has 0 aliphatic rings. The Morgan fingerprint density at radius 3 is 2.56 bits per heavy atom. The summed E-state index contributed by atoms with van der Waals surface area (Å²) in [6.45, 7) is 0. The van der Waals surface area contributed by atoms with Crippen LogP contribution in [-0.2, 0) is 22.1 Å². The summed E-state index contributed by atoms with van der Waals surface area (Å²) in [5.74, 6) is -0.734. The second-order valence-corrected chi connectivity index (χ2v) is 3.76. The molecule has 1 aromatic rings. The lowest BCUT2D eigenvalue weighted by Crippen LogP contribution is -2.11. The summed E-state index contributed by atoms with van der Waals surface area (Å²) in [6, 6.07) is 3.27. The third-order valence-corrected chi connectivity index (χ3v) is 2.49. The summed E-state index contributed by atoms with van der Waals surface area (Å²) in [7, 11) is 1.11. The minimum absolute atomic E-state index is 0.0684. The maximum atomic E-state index is 12.6. The highest BCUT2D eigenvalue weighted by molar-refractivity contribution is 6.31. The van der Waals surface area contributed by atoms with Gasteiger partial charge in [-0.3, -0.25) is 4.79 Å². The summed E-state index contributed by atoms with van der Waals surface area (Å²) in [6.07, 6.45) is -5.06. The van der Waals surface area contributed by atoms with Gasteiger partial charge in [-0.1, -0.05) is 11.6 Å². The second kappa shape index (κ2) is 5.27. The van der Waals surface area contributed by atoms with Crippen LogP contribution in [0.15, 0.2) is 12.1 Å². The van der Waals surface area contributed by atoms with Crippen LogP contribution in [0.5, 0.6) is 0 Å². The first-order valence-corrected chi connectivity index (χ1v) is 5.04. The van der Waals surface area contributed by atoms with Crippen molar-refractivity contribution >= 4 is 17.6 Å². The highest BCUT2D eigenvalue weighted by atomic mass is 35.5. The summed E-state index contributed by atoms with van der Waals surface area (Å²) < 4.78 is 42.1. The zero-order chi connectivity index (χ0) is 13.9. The summed E-state index contributed by atoms with van der Waals surface area (Å²) in [5.41, 5.74) is -1.23. The molecular weight excluding hydrogens is 271 g/mol. The van der Waals surface area contributed by atoms with Crippen LogP contribution in [0.1, 0.15) is 16.7 Å². The molecule has 0 unspecified atom stereocenters. The van der Waals surface area contributed by atoms with Gasteiger partial charge >= 0.3 is 12.1 Å². The lowest BCUT2D eigenvalue weighted by Gasteiger charge is -2.12. The molecule has 0 atom stereocenters. The molecule has 3 nitrogen and oxygen atoms in total. The van der Waals surface area contributed by atoms with Gasteiger partial charge in [0.15, 0.2) is 0 Å². The van der Waals surface area contributed by atoms with Gasteiger partial charge in [-0.2, -0.15) is 18.4 Å². The van der Waals surface area contributed by atoms with Crippen LogP contribution in [-0.4, -0.2) is 13.1 Å². The number of halogens is 4. The predicted octanol–water partition coefficient (Wildman–Crippen LogP) is 2.95. The molecule has 0 amide bonds. The summed E-state index contributed by atoms with van der Waals surface area (Å²) >= 11 is 5.45. The third kappa shape index (κ3) is 3.14. The SMILES string of the molecule is COC(=O)Cc1cc(C(F)(F)F)c(Cl)cc1C#N.